The van der Waals surface area contributed by atoms with Gasteiger partial charge in [0.2, 0.25) is 0 Å². The lowest BCUT2D eigenvalue weighted by Crippen LogP contribution is -2.31. The highest BCUT2D eigenvalue weighted by Gasteiger charge is 2.37. The van der Waals surface area contributed by atoms with E-state index in [4.69, 9.17) is 16.3 Å². The van der Waals surface area contributed by atoms with Crippen LogP contribution in [0.3, 0.4) is 0 Å². The van der Waals surface area contributed by atoms with E-state index in [1.807, 2.05) is 24.3 Å². The first-order chi connectivity index (χ1) is 12.0. The van der Waals surface area contributed by atoms with Gasteiger partial charge in [0.15, 0.2) is 0 Å². The van der Waals surface area contributed by atoms with E-state index in [9.17, 15) is 9.59 Å². The van der Waals surface area contributed by atoms with Crippen molar-refractivity contribution in [3.05, 3.63) is 68.4 Å². The molecule has 3 rings (SSSR count). The topological polar surface area (TPSA) is 58.6 Å². The van der Waals surface area contributed by atoms with E-state index < -0.39 is 11.8 Å². The lowest BCUT2D eigenvalue weighted by Gasteiger charge is -2.15. The fraction of sp³-hybridized carbons (Fsp3) is 0.111. The van der Waals surface area contributed by atoms with Crippen molar-refractivity contribution in [3.8, 4) is 5.75 Å². The van der Waals surface area contributed by atoms with E-state index in [1.54, 1.807) is 31.4 Å². The molecule has 2 amide bonds. The molecule has 128 valence electrons. The maximum Gasteiger partial charge on any atom is 0.279 e. The molecule has 0 saturated carbocycles. The highest BCUT2D eigenvalue weighted by atomic mass is 127. The Hall–Kier alpha value is -2.06. The molecule has 1 aliphatic rings. The minimum atomic E-state index is -0.504. The Bertz CT molecular complexity index is 865. The van der Waals surface area contributed by atoms with Gasteiger partial charge in [-0.1, -0.05) is 29.8 Å². The summed E-state index contributed by atoms with van der Waals surface area (Å²) in [5.41, 5.74) is 1.61. The molecule has 0 saturated heterocycles. The summed E-state index contributed by atoms with van der Waals surface area (Å²) in [5, 5.41) is 2.86. The zero-order chi connectivity index (χ0) is 18.0. The molecule has 0 radical (unpaired) electrons. The largest absolute Gasteiger partial charge is 0.497 e. The third-order valence-corrected chi connectivity index (χ3v) is 4.73. The first-order valence-corrected chi connectivity index (χ1v) is 8.87. The van der Waals surface area contributed by atoms with Crippen LogP contribution in [-0.4, -0.2) is 23.8 Å². The SMILES string of the molecule is COc1ccc(CN2C(=O)C(Cl)=C(Nc3cccc(I)c3)C2=O)cc1. The van der Waals surface area contributed by atoms with Crippen LogP contribution in [0.2, 0.25) is 0 Å². The third-order valence-electron chi connectivity index (χ3n) is 3.71. The van der Waals surface area contributed by atoms with E-state index in [2.05, 4.69) is 27.9 Å². The summed E-state index contributed by atoms with van der Waals surface area (Å²) >= 11 is 8.27. The Morgan fingerprint density at radius 2 is 1.84 bits per heavy atom. The molecule has 2 aromatic rings. The minimum absolute atomic E-state index is 0.0992. The zero-order valence-electron chi connectivity index (χ0n) is 13.3. The molecule has 1 heterocycles. The third kappa shape index (κ3) is 3.80. The number of nitrogens with one attached hydrogen (secondary N) is 1. The fourth-order valence-corrected chi connectivity index (χ4v) is 3.20. The Labute approximate surface area is 163 Å². The molecule has 5 nitrogen and oxygen atoms in total. The number of benzene rings is 2. The predicted octanol–water partition coefficient (Wildman–Crippen LogP) is 3.73. The normalized spacial score (nSPS) is 14.3. The summed E-state index contributed by atoms with van der Waals surface area (Å²) in [6, 6.07) is 14.6. The lowest BCUT2D eigenvalue weighted by molar-refractivity contribution is -0.138. The molecule has 7 heteroatoms. The van der Waals surface area contributed by atoms with Crippen molar-refractivity contribution in [2.45, 2.75) is 6.54 Å². The van der Waals surface area contributed by atoms with Gasteiger partial charge in [0.05, 0.1) is 13.7 Å². The van der Waals surface area contributed by atoms with Crippen LogP contribution in [0.4, 0.5) is 5.69 Å². The summed E-state index contributed by atoms with van der Waals surface area (Å²) in [5.74, 6) is -0.236. The van der Waals surface area contributed by atoms with Crippen LogP contribution in [0.1, 0.15) is 5.56 Å². The van der Waals surface area contributed by atoms with Gasteiger partial charge in [-0.05, 0) is 58.5 Å². The van der Waals surface area contributed by atoms with Gasteiger partial charge in [-0.3, -0.25) is 14.5 Å². The molecule has 0 aliphatic carbocycles. The van der Waals surface area contributed by atoms with Crippen LogP contribution in [0, 0.1) is 3.57 Å². The van der Waals surface area contributed by atoms with E-state index in [1.165, 1.54) is 0 Å². The van der Waals surface area contributed by atoms with Gasteiger partial charge in [0, 0.05) is 9.26 Å². The number of carbonyl (C=O) groups is 2. The number of ether oxygens (including phenoxy) is 1. The number of imide groups is 1. The van der Waals surface area contributed by atoms with E-state index in [0.717, 1.165) is 14.0 Å². The first-order valence-electron chi connectivity index (χ1n) is 7.41. The Balaban J connectivity index is 1.78. The van der Waals surface area contributed by atoms with E-state index >= 15 is 0 Å². The van der Waals surface area contributed by atoms with Crippen LogP contribution < -0.4 is 10.1 Å². The van der Waals surface area contributed by atoms with Crippen LogP contribution in [0.15, 0.2) is 59.3 Å². The number of carbonyl (C=O) groups excluding carboxylic acids is 2. The highest BCUT2D eigenvalue weighted by molar-refractivity contribution is 14.1. The van der Waals surface area contributed by atoms with Gasteiger partial charge in [-0.25, -0.2) is 0 Å². The van der Waals surface area contributed by atoms with Crippen LogP contribution >= 0.6 is 34.2 Å². The predicted molar refractivity (Wildman–Crippen MR) is 104 cm³/mol. The molecule has 0 bridgehead atoms. The van der Waals surface area contributed by atoms with Crippen molar-refractivity contribution in [1.29, 1.82) is 0 Å². The monoisotopic (exact) mass is 468 g/mol. The van der Waals surface area contributed by atoms with E-state index in [0.29, 0.717) is 11.4 Å². The van der Waals surface area contributed by atoms with Crippen molar-refractivity contribution >= 4 is 51.7 Å². The number of anilines is 1. The van der Waals surface area contributed by atoms with Crippen LogP contribution in [0.25, 0.3) is 0 Å². The quantitative estimate of drug-likeness (QED) is 0.537. The maximum absolute atomic E-state index is 12.6. The van der Waals surface area contributed by atoms with E-state index in [-0.39, 0.29) is 17.3 Å². The number of amides is 2. The summed E-state index contributed by atoms with van der Waals surface area (Å²) < 4.78 is 6.11. The highest BCUT2D eigenvalue weighted by Crippen LogP contribution is 2.27. The average Bonchev–Trinajstić information content (AvgIpc) is 2.80. The number of hydrogen-bond acceptors (Lipinski definition) is 4. The second-order valence-electron chi connectivity index (χ2n) is 5.37. The summed E-state index contributed by atoms with van der Waals surface area (Å²) in [6.45, 7) is 0.148. The Morgan fingerprint density at radius 1 is 1.12 bits per heavy atom. The Morgan fingerprint density at radius 3 is 2.48 bits per heavy atom. The molecule has 0 unspecified atom stereocenters. The number of hydrogen-bond donors (Lipinski definition) is 1. The number of rotatable bonds is 5. The molecular formula is C18H14ClIN2O3. The van der Waals surface area contributed by atoms with Crippen LogP contribution in [-0.2, 0) is 16.1 Å². The molecule has 25 heavy (non-hydrogen) atoms. The van der Waals surface area contributed by atoms with Gasteiger partial charge in [0.1, 0.15) is 16.5 Å². The molecule has 0 atom stereocenters. The number of nitrogens with zero attached hydrogens (tertiary/aromatic N) is 1. The fourth-order valence-electron chi connectivity index (χ4n) is 2.42. The standard InChI is InChI=1S/C18H14ClIN2O3/c1-25-14-7-5-11(6-8-14)10-22-17(23)15(19)16(18(22)24)21-13-4-2-3-12(20)9-13/h2-9,21H,10H2,1H3. The smallest absolute Gasteiger partial charge is 0.279 e. The number of halogens is 2. The second-order valence-corrected chi connectivity index (χ2v) is 6.99. The minimum Gasteiger partial charge on any atom is -0.497 e. The molecule has 2 aromatic carbocycles. The van der Waals surface area contributed by atoms with Gasteiger partial charge in [0.25, 0.3) is 11.8 Å². The molecule has 0 spiro atoms. The van der Waals surface area contributed by atoms with Gasteiger partial charge in [-0.2, -0.15) is 0 Å². The first kappa shape index (κ1) is 17.8. The van der Waals surface area contributed by atoms with Crippen molar-refractivity contribution in [2.75, 3.05) is 12.4 Å². The molecule has 1 aliphatic heterocycles. The lowest BCUT2D eigenvalue weighted by atomic mass is 10.2. The number of methoxy groups -OCH3 is 1. The summed E-state index contributed by atoms with van der Waals surface area (Å²) in [6.07, 6.45) is 0. The zero-order valence-corrected chi connectivity index (χ0v) is 16.2. The second kappa shape index (κ2) is 7.45. The molecular weight excluding hydrogens is 455 g/mol. The van der Waals surface area contributed by atoms with Gasteiger partial charge < -0.3 is 10.1 Å². The molecule has 0 fully saturated rings. The summed E-state index contributed by atoms with van der Waals surface area (Å²) in [7, 11) is 1.58. The van der Waals surface area contributed by atoms with Crippen molar-refractivity contribution in [3.63, 3.8) is 0 Å². The van der Waals surface area contributed by atoms with Crippen molar-refractivity contribution in [1.82, 2.24) is 4.90 Å². The van der Waals surface area contributed by atoms with Crippen molar-refractivity contribution in [2.24, 2.45) is 0 Å². The summed E-state index contributed by atoms with van der Waals surface area (Å²) in [4.78, 5) is 26.1. The Kier molecular flexibility index (Phi) is 5.29. The van der Waals surface area contributed by atoms with Gasteiger partial charge in [-0.15, -0.1) is 0 Å². The van der Waals surface area contributed by atoms with Gasteiger partial charge >= 0.3 is 0 Å². The average molecular weight is 469 g/mol. The molecule has 0 aromatic heterocycles. The van der Waals surface area contributed by atoms with Crippen LogP contribution in [0.5, 0.6) is 5.75 Å². The van der Waals surface area contributed by atoms with Crippen molar-refractivity contribution < 1.29 is 14.3 Å². The maximum atomic E-state index is 12.6. The molecule has 1 N–H and O–H groups in total.